The first-order valence-electron chi connectivity index (χ1n) is 13.1. The Balaban J connectivity index is 1.21. The number of aromatic nitrogens is 4. The van der Waals surface area contributed by atoms with E-state index < -0.39 is 5.92 Å². The molecule has 0 bridgehead atoms. The molecule has 2 saturated heterocycles. The van der Waals surface area contributed by atoms with Crippen molar-refractivity contribution in [3.05, 3.63) is 72.8 Å². The summed E-state index contributed by atoms with van der Waals surface area (Å²) in [7, 11) is 0. The number of benzene rings is 1. The van der Waals surface area contributed by atoms with Crippen LogP contribution in [0.4, 0.5) is 20.3 Å². The maximum Gasteiger partial charge on any atom is 0.266 e. The van der Waals surface area contributed by atoms with Crippen molar-refractivity contribution in [2.75, 3.05) is 36.4 Å². The topological polar surface area (TPSA) is 73.0 Å². The molecule has 2 N–H and O–H groups in total. The molecule has 2 aliphatic rings. The summed E-state index contributed by atoms with van der Waals surface area (Å²) in [5.41, 5.74) is 6.26. The number of piperidine rings is 1. The van der Waals surface area contributed by atoms with Gasteiger partial charge in [-0.15, -0.1) is 0 Å². The number of hydrogen-bond donors (Lipinski definition) is 2. The van der Waals surface area contributed by atoms with Crippen LogP contribution in [0, 0.1) is 0 Å². The van der Waals surface area contributed by atoms with E-state index in [4.69, 9.17) is 0 Å². The van der Waals surface area contributed by atoms with Crippen LogP contribution in [-0.2, 0) is 6.54 Å². The molecule has 9 heteroatoms. The highest BCUT2D eigenvalue weighted by molar-refractivity contribution is 5.95. The van der Waals surface area contributed by atoms with Gasteiger partial charge in [0, 0.05) is 60.8 Å². The van der Waals surface area contributed by atoms with Crippen LogP contribution in [0.3, 0.4) is 0 Å². The highest BCUT2D eigenvalue weighted by atomic mass is 19.3. The summed E-state index contributed by atoms with van der Waals surface area (Å²) in [6, 6.07) is 12.0. The average molecular weight is 516 g/mol. The molecule has 6 rings (SSSR count). The van der Waals surface area contributed by atoms with Crippen molar-refractivity contribution in [2.24, 2.45) is 0 Å². The zero-order chi connectivity index (χ0) is 26.1. The molecule has 38 heavy (non-hydrogen) atoms. The quantitative estimate of drug-likeness (QED) is 0.318. The molecule has 0 aliphatic carbocycles. The van der Waals surface area contributed by atoms with E-state index in [1.54, 1.807) is 23.2 Å². The fourth-order valence-electron chi connectivity index (χ4n) is 5.37. The normalized spacial score (nSPS) is 17.7. The first-order chi connectivity index (χ1) is 18.4. The molecule has 0 unspecified atom stereocenters. The van der Waals surface area contributed by atoms with E-state index in [0.717, 1.165) is 47.4 Å². The lowest BCUT2D eigenvalue weighted by molar-refractivity contribution is 0.0256. The van der Waals surface area contributed by atoms with Crippen molar-refractivity contribution in [3.8, 4) is 11.1 Å². The number of aromatic amines is 1. The SMILES string of the molecule is C=C(Nc1ccnc(N2CCC(F)(F)C2)c1)c1n[nH]c2ccc(-c3cncc(CN4CCCCC4)c3)cc12. The summed E-state index contributed by atoms with van der Waals surface area (Å²) in [6.07, 6.45) is 9.16. The van der Waals surface area contributed by atoms with Crippen LogP contribution < -0.4 is 10.2 Å². The summed E-state index contributed by atoms with van der Waals surface area (Å²) in [6.45, 7) is 7.39. The number of halogens is 2. The largest absolute Gasteiger partial charge is 0.354 e. The number of fused-ring (bicyclic) bond motifs is 1. The second-order valence-electron chi connectivity index (χ2n) is 10.3. The maximum absolute atomic E-state index is 13.7. The molecule has 5 heterocycles. The van der Waals surface area contributed by atoms with Gasteiger partial charge in [-0.3, -0.25) is 15.0 Å². The van der Waals surface area contributed by atoms with Crippen LogP contribution in [0.5, 0.6) is 0 Å². The van der Waals surface area contributed by atoms with Crippen LogP contribution in [0.2, 0.25) is 0 Å². The third-order valence-corrected chi connectivity index (χ3v) is 7.37. The molecular weight excluding hydrogens is 484 g/mol. The molecule has 2 aliphatic heterocycles. The molecule has 7 nitrogen and oxygen atoms in total. The molecule has 196 valence electrons. The number of pyridine rings is 2. The summed E-state index contributed by atoms with van der Waals surface area (Å²) < 4.78 is 27.4. The number of likely N-dealkylation sites (tertiary alicyclic amines) is 1. The van der Waals surface area contributed by atoms with E-state index in [1.165, 1.54) is 24.8 Å². The van der Waals surface area contributed by atoms with E-state index in [9.17, 15) is 8.78 Å². The molecule has 0 spiro atoms. The minimum atomic E-state index is -2.68. The first-order valence-corrected chi connectivity index (χ1v) is 13.1. The highest BCUT2D eigenvalue weighted by Crippen LogP contribution is 2.32. The lowest BCUT2D eigenvalue weighted by Gasteiger charge is -2.26. The molecule has 0 saturated carbocycles. The van der Waals surface area contributed by atoms with Gasteiger partial charge in [-0.2, -0.15) is 5.10 Å². The summed E-state index contributed by atoms with van der Waals surface area (Å²) >= 11 is 0. The van der Waals surface area contributed by atoms with Gasteiger partial charge in [-0.25, -0.2) is 13.8 Å². The van der Waals surface area contributed by atoms with E-state index in [2.05, 4.69) is 55.2 Å². The summed E-state index contributed by atoms with van der Waals surface area (Å²) in [4.78, 5) is 12.9. The fraction of sp³-hybridized carbons (Fsp3) is 0.345. The van der Waals surface area contributed by atoms with E-state index >= 15 is 0 Å². The van der Waals surface area contributed by atoms with Gasteiger partial charge in [-0.05, 0) is 61.3 Å². The summed E-state index contributed by atoms with van der Waals surface area (Å²) in [5, 5.41) is 11.8. The monoisotopic (exact) mass is 515 g/mol. The van der Waals surface area contributed by atoms with Gasteiger partial charge in [-0.1, -0.05) is 19.1 Å². The Morgan fingerprint density at radius 3 is 2.71 bits per heavy atom. The second kappa shape index (κ2) is 10.1. The molecule has 0 atom stereocenters. The van der Waals surface area contributed by atoms with Crippen molar-refractivity contribution >= 4 is 28.1 Å². The first kappa shape index (κ1) is 24.5. The van der Waals surface area contributed by atoms with Crippen LogP contribution in [0.1, 0.15) is 36.9 Å². The van der Waals surface area contributed by atoms with Gasteiger partial charge in [0.2, 0.25) is 0 Å². The van der Waals surface area contributed by atoms with E-state index in [0.29, 0.717) is 17.2 Å². The van der Waals surface area contributed by atoms with Gasteiger partial charge in [0.05, 0.1) is 17.8 Å². The fourth-order valence-corrected chi connectivity index (χ4v) is 5.37. The Morgan fingerprint density at radius 2 is 1.89 bits per heavy atom. The molecule has 4 aromatic rings. The smallest absolute Gasteiger partial charge is 0.266 e. The number of anilines is 2. The zero-order valence-electron chi connectivity index (χ0n) is 21.3. The zero-order valence-corrected chi connectivity index (χ0v) is 21.3. The molecule has 1 aromatic carbocycles. The van der Waals surface area contributed by atoms with Gasteiger partial charge in [0.1, 0.15) is 11.5 Å². The number of alkyl halides is 2. The number of nitrogens with one attached hydrogen (secondary N) is 2. The van der Waals surface area contributed by atoms with Crippen molar-refractivity contribution in [1.29, 1.82) is 0 Å². The summed E-state index contributed by atoms with van der Waals surface area (Å²) in [5.74, 6) is -2.16. The molecule has 0 amide bonds. The van der Waals surface area contributed by atoms with Crippen LogP contribution in [-0.4, -0.2) is 57.2 Å². The number of hydrogen-bond acceptors (Lipinski definition) is 6. The third kappa shape index (κ3) is 5.24. The van der Waals surface area contributed by atoms with Crippen molar-refractivity contribution in [1.82, 2.24) is 25.1 Å². The van der Waals surface area contributed by atoms with Crippen molar-refractivity contribution < 1.29 is 8.78 Å². The van der Waals surface area contributed by atoms with E-state index in [1.807, 2.05) is 18.5 Å². The van der Waals surface area contributed by atoms with Crippen LogP contribution >= 0.6 is 0 Å². The minimum Gasteiger partial charge on any atom is -0.354 e. The molecule has 2 fully saturated rings. The molecule has 3 aromatic heterocycles. The molecule has 0 radical (unpaired) electrons. The average Bonchev–Trinajstić information content (AvgIpc) is 3.52. The maximum atomic E-state index is 13.7. The Bertz CT molecular complexity index is 1460. The second-order valence-corrected chi connectivity index (χ2v) is 10.3. The highest BCUT2D eigenvalue weighted by Gasteiger charge is 2.38. The van der Waals surface area contributed by atoms with Crippen LogP contribution in [0.25, 0.3) is 27.7 Å². The van der Waals surface area contributed by atoms with Crippen molar-refractivity contribution in [2.45, 2.75) is 38.2 Å². The molecular formula is C29H31F2N7. The lowest BCUT2D eigenvalue weighted by Crippen LogP contribution is -2.29. The Hall–Kier alpha value is -3.85. The predicted molar refractivity (Wildman–Crippen MR) is 147 cm³/mol. The Labute approximate surface area is 220 Å². The Kier molecular flexibility index (Phi) is 6.53. The number of H-pyrrole nitrogens is 1. The number of rotatable bonds is 7. The lowest BCUT2D eigenvalue weighted by atomic mass is 10.0. The van der Waals surface area contributed by atoms with Crippen LogP contribution in [0.15, 0.2) is 61.6 Å². The Morgan fingerprint density at radius 1 is 1.03 bits per heavy atom. The van der Waals surface area contributed by atoms with Gasteiger partial charge >= 0.3 is 0 Å². The number of nitrogens with zero attached hydrogens (tertiary/aromatic N) is 5. The van der Waals surface area contributed by atoms with Gasteiger partial charge < -0.3 is 10.2 Å². The minimum absolute atomic E-state index is 0.155. The van der Waals surface area contributed by atoms with Gasteiger partial charge in [0.25, 0.3) is 5.92 Å². The van der Waals surface area contributed by atoms with E-state index in [-0.39, 0.29) is 19.5 Å². The predicted octanol–water partition coefficient (Wildman–Crippen LogP) is 5.93. The third-order valence-electron chi connectivity index (χ3n) is 7.37. The van der Waals surface area contributed by atoms with Gasteiger partial charge in [0.15, 0.2) is 0 Å². The standard InChI is InChI=1S/C29H31F2N7/c1-20(34-24-7-9-33-27(15-24)38-12-8-29(30,31)19-38)28-25-14-22(5-6-26(25)35-36-28)23-13-21(16-32-17-23)18-37-10-3-2-4-11-37/h5-7,9,13-17H,1-4,8,10-12,18-19H2,(H,33,34)(H,35,36). The van der Waals surface area contributed by atoms with Crippen molar-refractivity contribution in [3.63, 3.8) is 0 Å².